The highest BCUT2D eigenvalue weighted by molar-refractivity contribution is 7.09. The molecule has 0 atom stereocenters. The minimum Gasteiger partial charge on any atom is -0.481 e. The molecule has 0 unspecified atom stereocenters. The molecule has 0 spiro atoms. The van der Waals surface area contributed by atoms with Gasteiger partial charge in [-0.25, -0.2) is 9.37 Å². The first-order chi connectivity index (χ1) is 9.54. The lowest BCUT2D eigenvalue weighted by molar-refractivity contribution is -0.137. The van der Waals surface area contributed by atoms with Gasteiger partial charge in [-0.3, -0.25) is 9.69 Å². The van der Waals surface area contributed by atoms with Crippen LogP contribution < -0.4 is 0 Å². The van der Waals surface area contributed by atoms with E-state index >= 15 is 0 Å². The van der Waals surface area contributed by atoms with Gasteiger partial charge in [0.05, 0.1) is 18.7 Å². The molecule has 2 rings (SSSR count). The van der Waals surface area contributed by atoms with Crippen LogP contribution >= 0.6 is 11.3 Å². The SMILES string of the molecule is CN(CCC(=O)O)Cc1nc(-c2ccc(F)cc2)cs1. The summed E-state index contributed by atoms with van der Waals surface area (Å²) in [5, 5.41) is 11.5. The standard InChI is InChI=1S/C14H15FN2O2S/c1-17(7-6-14(18)19)8-13-16-12(9-20-13)10-2-4-11(15)5-3-10/h2-5,9H,6-8H2,1H3,(H,18,19). The van der Waals surface area contributed by atoms with E-state index in [0.29, 0.717) is 13.1 Å². The maximum atomic E-state index is 12.9. The number of carbonyl (C=O) groups is 1. The third-order valence-electron chi connectivity index (χ3n) is 2.80. The highest BCUT2D eigenvalue weighted by Gasteiger charge is 2.08. The zero-order chi connectivity index (χ0) is 14.5. The van der Waals surface area contributed by atoms with Crippen molar-refractivity contribution in [3.8, 4) is 11.3 Å². The number of aliphatic carboxylic acids is 1. The summed E-state index contributed by atoms with van der Waals surface area (Å²) in [7, 11) is 1.86. The molecule has 0 saturated heterocycles. The van der Waals surface area contributed by atoms with Gasteiger partial charge in [-0.2, -0.15) is 0 Å². The molecular weight excluding hydrogens is 279 g/mol. The first-order valence-electron chi connectivity index (χ1n) is 6.15. The molecule has 0 aliphatic carbocycles. The van der Waals surface area contributed by atoms with Crippen LogP contribution in [-0.4, -0.2) is 34.6 Å². The lowest BCUT2D eigenvalue weighted by atomic mass is 10.2. The van der Waals surface area contributed by atoms with E-state index in [2.05, 4.69) is 4.98 Å². The summed E-state index contributed by atoms with van der Waals surface area (Å²) in [6.07, 6.45) is 0.118. The average Bonchev–Trinajstić information content (AvgIpc) is 2.85. The van der Waals surface area contributed by atoms with Crippen LogP contribution in [0.4, 0.5) is 4.39 Å². The number of halogens is 1. The van der Waals surface area contributed by atoms with Gasteiger partial charge in [-0.1, -0.05) is 0 Å². The maximum absolute atomic E-state index is 12.9. The number of hydrogen-bond acceptors (Lipinski definition) is 4. The summed E-state index contributed by atoms with van der Waals surface area (Å²) in [6.45, 7) is 1.10. The van der Waals surface area contributed by atoms with E-state index in [0.717, 1.165) is 16.3 Å². The fraction of sp³-hybridized carbons (Fsp3) is 0.286. The summed E-state index contributed by atoms with van der Waals surface area (Å²) < 4.78 is 12.9. The molecule has 1 N–H and O–H groups in total. The lowest BCUT2D eigenvalue weighted by Gasteiger charge is -2.12. The normalized spacial score (nSPS) is 10.9. The van der Waals surface area contributed by atoms with Crippen molar-refractivity contribution in [1.29, 1.82) is 0 Å². The van der Waals surface area contributed by atoms with E-state index in [4.69, 9.17) is 5.11 Å². The number of carboxylic acids is 1. The Bertz CT molecular complexity index is 583. The van der Waals surface area contributed by atoms with Crippen molar-refractivity contribution in [3.63, 3.8) is 0 Å². The quantitative estimate of drug-likeness (QED) is 0.890. The fourth-order valence-corrected chi connectivity index (χ4v) is 2.62. The Kier molecular flexibility index (Phi) is 4.81. The zero-order valence-electron chi connectivity index (χ0n) is 11.0. The monoisotopic (exact) mass is 294 g/mol. The summed E-state index contributed by atoms with van der Waals surface area (Å²) in [6, 6.07) is 6.21. The third-order valence-corrected chi connectivity index (χ3v) is 3.64. The van der Waals surface area contributed by atoms with Gasteiger partial charge in [0.2, 0.25) is 0 Å². The number of carboxylic acid groups (broad SMARTS) is 1. The lowest BCUT2D eigenvalue weighted by Crippen LogP contribution is -2.21. The number of thiazole rings is 1. The van der Waals surface area contributed by atoms with Crippen LogP contribution in [-0.2, 0) is 11.3 Å². The van der Waals surface area contributed by atoms with Gasteiger partial charge in [-0.05, 0) is 31.3 Å². The van der Waals surface area contributed by atoms with Crippen molar-refractivity contribution < 1.29 is 14.3 Å². The summed E-state index contributed by atoms with van der Waals surface area (Å²) >= 11 is 1.52. The van der Waals surface area contributed by atoms with Gasteiger partial charge in [0.25, 0.3) is 0 Å². The summed E-state index contributed by atoms with van der Waals surface area (Å²) in [5.74, 6) is -1.07. The predicted molar refractivity (Wildman–Crippen MR) is 76.1 cm³/mol. The molecule has 4 nitrogen and oxygen atoms in total. The van der Waals surface area contributed by atoms with Gasteiger partial charge in [0.15, 0.2) is 0 Å². The van der Waals surface area contributed by atoms with Gasteiger partial charge < -0.3 is 5.11 Å². The van der Waals surface area contributed by atoms with Gasteiger partial charge in [-0.15, -0.1) is 11.3 Å². The van der Waals surface area contributed by atoms with E-state index in [-0.39, 0.29) is 12.2 Å². The first kappa shape index (κ1) is 14.6. The number of nitrogens with zero attached hydrogens (tertiary/aromatic N) is 2. The number of aromatic nitrogens is 1. The Morgan fingerprint density at radius 2 is 2.10 bits per heavy atom. The molecule has 0 aliphatic rings. The number of benzene rings is 1. The van der Waals surface area contributed by atoms with Gasteiger partial charge in [0, 0.05) is 17.5 Å². The van der Waals surface area contributed by atoms with E-state index < -0.39 is 5.97 Å². The fourth-order valence-electron chi connectivity index (χ4n) is 1.73. The highest BCUT2D eigenvalue weighted by atomic mass is 32.1. The van der Waals surface area contributed by atoms with E-state index in [1.807, 2.05) is 17.3 Å². The highest BCUT2D eigenvalue weighted by Crippen LogP contribution is 2.22. The van der Waals surface area contributed by atoms with E-state index in [1.54, 1.807) is 12.1 Å². The van der Waals surface area contributed by atoms with Crippen LogP contribution in [0.5, 0.6) is 0 Å². The molecule has 106 valence electrons. The predicted octanol–water partition coefficient (Wildman–Crippen LogP) is 2.86. The first-order valence-corrected chi connectivity index (χ1v) is 7.03. The van der Waals surface area contributed by atoms with Crippen molar-refractivity contribution in [2.75, 3.05) is 13.6 Å². The molecule has 2 aromatic rings. The second kappa shape index (κ2) is 6.58. The van der Waals surface area contributed by atoms with Gasteiger partial charge >= 0.3 is 5.97 Å². The Balaban J connectivity index is 1.98. The Morgan fingerprint density at radius 1 is 1.40 bits per heavy atom. The van der Waals surface area contributed by atoms with Crippen LogP contribution in [0.3, 0.4) is 0 Å². The van der Waals surface area contributed by atoms with Crippen molar-refractivity contribution in [2.24, 2.45) is 0 Å². The largest absolute Gasteiger partial charge is 0.481 e. The second-order valence-electron chi connectivity index (χ2n) is 4.51. The molecular formula is C14H15FN2O2S. The average molecular weight is 294 g/mol. The second-order valence-corrected chi connectivity index (χ2v) is 5.46. The molecule has 1 heterocycles. The molecule has 0 fully saturated rings. The molecule has 0 bridgehead atoms. The van der Waals surface area contributed by atoms with Crippen LogP contribution in [0.15, 0.2) is 29.6 Å². The molecule has 1 aromatic heterocycles. The van der Waals surface area contributed by atoms with E-state index in [1.165, 1.54) is 23.5 Å². The third kappa shape index (κ3) is 4.11. The molecule has 0 aliphatic heterocycles. The van der Waals surface area contributed by atoms with Gasteiger partial charge in [0.1, 0.15) is 10.8 Å². The Hall–Kier alpha value is -1.79. The van der Waals surface area contributed by atoms with E-state index in [9.17, 15) is 9.18 Å². The minimum atomic E-state index is -0.803. The zero-order valence-corrected chi connectivity index (χ0v) is 11.9. The molecule has 0 radical (unpaired) electrons. The van der Waals surface area contributed by atoms with Crippen LogP contribution in [0.2, 0.25) is 0 Å². The van der Waals surface area contributed by atoms with Crippen molar-refractivity contribution in [3.05, 3.63) is 40.5 Å². The minimum absolute atomic E-state index is 0.118. The maximum Gasteiger partial charge on any atom is 0.304 e. The Labute approximate surface area is 120 Å². The van der Waals surface area contributed by atoms with Crippen molar-refractivity contribution in [2.45, 2.75) is 13.0 Å². The molecule has 0 saturated carbocycles. The van der Waals surface area contributed by atoms with Crippen molar-refractivity contribution >= 4 is 17.3 Å². The smallest absolute Gasteiger partial charge is 0.304 e. The topological polar surface area (TPSA) is 53.4 Å². The molecule has 20 heavy (non-hydrogen) atoms. The summed E-state index contributed by atoms with van der Waals surface area (Å²) in [4.78, 5) is 16.9. The Morgan fingerprint density at radius 3 is 2.75 bits per heavy atom. The van der Waals surface area contributed by atoms with Crippen molar-refractivity contribution in [1.82, 2.24) is 9.88 Å². The molecule has 1 aromatic carbocycles. The molecule has 6 heteroatoms. The summed E-state index contributed by atoms with van der Waals surface area (Å²) in [5.41, 5.74) is 1.69. The molecule has 0 amide bonds. The van der Waals surface area contributed by atoms with Crippen LogP contribution in [0.25, 0.3) is 11.3 Å². The number of hydrogen-bond donors (Lipinski definition) is 1. The van der Waals surface area contributed by atoms with Crippen LogP contribution in [0.1, 0.15) is 11.4 Å². The number of rotatable bonds is 6. The van der Waals surface area contributed by atoms with Crippen LogP contribution in [0, 0.1) is 5.82 Å².